The van der Waals surface area contributed by atoms with Crippen LogP contribution in [0.1, 0.15) is 25.0 Å². The van der Waals surface area contributed by atoms with Crippen LogP contribution in [0.15, 0.2) is 29.2 Å². The molecule has 0 saturated carbocycles. The monoisotopic (exact) mass is 392 g/mol. The first-order chi connectivity index (χ1) is 12.2. The zero-order chi connectivity index (χ0) is 19.4. The number of nitrogens with one attached hydrogen (secondary N) is 1. The first-order valence-electron chi connectivity index (χ1n) is 8.03. The number of aryl methyl sites for hydroxylation is 1. The highest BCUT2D eigenvalue weighted by Gasteiger charge is 2.34. The molecule has 1 fully saturated rings. The van der Waals surface area contributed by atoms with Crippen molar-refractivity contribution in [2.45, 2.75) is 26.8 Å². The lowest BCUT2D eigenvalue weighted by Crippen LogP contribution is -2.48. The standard InChI is InChI=1S/C18H20N2O4S2/c1-10(2)15(17(23)24)19-14(21)9-20-16(22)13(26-18(20)25)8-12-6-4-11(3)5-7-12/h4-8,10,15H,9H2,1-3H3,(H,19,21)(H,23,24). The maximum absolute atomic E-state index is 12.5. The van der Waals surface area contributed by atoms with E-state index in [0.717, 1.165) is 22.9 Å². The molecule has 26 heavy (non-hydrogen) atoms. The second-order valence-corrected chi connectivity index (χ2v) is 7.98. The fourth-order valence-electron chi connectivity index (χ4n) is 2.33. The largest absolute Gasteiger partial charge is 0.480 e. The van der Waals surface area contributed by atoms with Gasteiger partial charge in [-0.15, -0.1) is 0 Å². The Kier molecular flexibility index (Phi) is 6.55. The quantitative estimate of drug-likeness (QED) is 0.571. The molecule has 1 heterocycles. The highest BCUT2D eigenvalue weighted by Crippen LogP contribution is 2.32. The van der Waals surface area contributed by atoms with Crippen LogP contribution in [0.4, 0.5) is 0 Å². The lowest BCUT2D eigenvalue weighted by molar-refractivity contribution is -0.143. The summed E-state index contributed by atoms with van der Waals surface area (Å²) in [6.45, 7) is 5.07. The van der Waals surface area contributed by atoms with Crippen molar-refractivity contribution in [2.75, 3.05) is 6.54 Å². The number of hydrogen-bond acceptors (Lipinski definition) is 5. The van der Waals surface area contributed by atoms with E-state index in [1.165, 1.54) is 4.90 Å². The zero-order valence-electron chi connectivity index (χ0n) is 14.7. The van der Waals surface area contributed by atoms with Crippen molar-refractivity contribution < 1.29 is 19.5 Å². The van der Waals surface area contributed by atoms with E-state index in [-0.39, 0.29) is 22.7 Å². The molecule has 1 unspecified atom stereocenters. The lowest BCUT2D eigenvalue weighted by atomic mass is 10.0. The van der Waals surface area contributed by atoms with Gasteiger partial charge in [0.25, 0.3) is 5.91 Å². The van der Waals surface area contributed by atoms with Gasteiger partial charge in [-0.05, 0) is 24.5 Å². The van der Waals surface area contributed by atoms with Crippen LogP contribution in [-0.4, -0.2) is 44.7 Å². The van der Waals surface area contributed by atoms with Gasteiger partial charge in [-0.25, -0.2) is 4.79 Å². The normalized spacial score (nSPS) is 17.1. The molecule has 0 aliphatic carbocycles. The Morgan fingerprint density at radius 1 is 1.31 bits per heavy atom. The molecule has 1 aromatic rings. The Morgan fingerprint density at radius 2 is 1.92 bits per heavy atom. The van der Waals surface area contributed by atoms with E-state index >= 15 is 0 Å². The topological polar surface area (TPSA) is 86.7 Å². The summed E-state index contributed by atoms with van der Waals surface area (Å²) >= 11 is 6.32. The molecule has 2 amide bonds. The van der Waals surface area contributed by atoms with Gasteiger partial charge in [0.1, 0.15) is 16.9 Å². The average molecular weight is 393 g/mol. The number of carboxylic acids is 1. The van der Waals surface area contributed by atoms with Crippen molar-refractivity contribution >= 4 is 52.2 Å². The maximum Gasteiger partial charge on any atom is 0.326 e. The molecule has 2 N–H and O–H groups in total. The first-order valence-corrected chi connectivity index (χ1v) is 9.25. The Labute approximate surface area is 161 Å². The summed E-state index contributed by atoms with van der Waals surface area (Å²) in [5.41, 5.74) is 1.98. The number of amides is 2. The van der Waals surface area contributed by atoms with Gasteiger partial charge in [0.15, 0.2) is 0 Å². The summed E-state index contributed by atoms with van der Waals surface area (Å²) in [5.74, 6) is -2.30. The van der Waals surface area contributed by atoms with E-state index < -0.39 is 17.9 Å². The molecule has 2 rings (SSSR count). The van der Waals surface area contributed by atoms with Gasteiger partial charge in [-0.1, -0.05) is 67.7 Å². The molecular formula is C18H20N2O4S2. The zero-order valence-corrected chi connectivity index (χ0v) is 16.3. The smallest absolute Gasteiger partial charge is 0.326 e. The van der Waals surface area contributed by atoms with Gasteiger partial charge in [0.05, 0.1) is 4.91 Å². The molecule has 0 bridgehead atoms. The molecule has 1 atom stereocenters. The summed E-state index contributed by atoms with van der Waals surface area (Å²) in [4.78, 5) is 37.5. The fourth-order valence-corrected chi connectivity index (χ4v) is 3.58. The highest BCUT2D eigenvalue weighted by atomic mass is 32.2. The van der Waals surface area contributed by atoms with Crippen molar-refractivity contribution in [1.82, 2.24) is 10.2 Å². The second-order valence-electron chi connectivity index (χ2n) is 6.31. The number of rotatable bonds is 6. The van der Waals surface area contributed by atoms with Crippen LogP contribution < -0.4 is 5.32 Å². The van der Waals surface area contributed by atoms with Crippen LogP contribution in [0.2, 0.25) is 0 Å². The molecule has 6 nitrogen and oxygen atoms in total. The number of nitrogens with zero attached hydrogens (tertiary/aromatic N) is 1. The maximum atomic E-state index is 12.5. The van der Waals surface area contributed by atoms with Crippen molar-refractivity contribution in [3.05, 3.63) is 40.3 Å². The number of thioether (sulfide) groups is 1. The molecular weight excluding hydrogens is 372 g/mol. The molecule has 0 radical (unpaired) electrons. The number of carbonyl (C=O) groups excluding carboxylic acids is 2. The minimum absolute atomic E-state index is 0.274. The van der Waals surface area contributed by atoms with Crippen LogP contribution in [0.25, 0.3) is 6.08 Å². The van der Waals surface area contributed by atoms with Gasteiger partial charge < -0.3 is 10.4 Å². The predicted octanol–water partition coefficient (Wildman–Crippen LogP) is 2.42. The number of carbonyl (C=O) groups is 3. The number of benzene rings is 1. The molecule has 1 aromatic carbocycles. The third-order valence-corrected chi connectivity index (χ3v) is 5.18. The second kappa shape index (κ2) is 8.46. The highest BCUT2D eigenvalue weighted by molar-refractivity contribution is 8.26. The van der Waals surface area contributed by atoms with E-state index in [4.69, 9.17) is 17.3 Å². The van der Waals surface area contributed by atoms with E-state index in [9.17, 15) is 14.4 Å². The molecule has 138 valence electrons. The minimum atomic E-state index is -1.11. The van der Waals surface area contributed by atoms with Crippen LogP contribution in [0.3, 0.4) is 0 Å². The molecule has 1 aliphatic rings. The summed E-state index contributed by atoms with van der Waals surface area (Å²) in [5, 5.41) is 11.6. The van der Waals surface area contributed by atoms with Crippen molar-refractivity contribution in [2.24, 2.45) is 5.92 Å². The summed E-state index contributed by atoms with van der Waals surface area (Å²) in [7, 11) is 0. The van der Waals surface area contributed by atoms with E-state index in [2.05, 4.69) is 5.32 Å². The summed E-state index contributed by atoms with van der Waals surface area (Å²) < 4.78 is 0.278. The van der Waals surface area contributed by atoms with Crippen molar-refractivity contribution in [1.29, 1.82) is 0 Å². The van der Waals surface area contributed by atoms with E-state index in [1.54, 1.807) is 19.9 Å². The third kappa shape index (κ3) is 4.92. The van der Waals surface area contributed by atoms with Crippen LogP contribution in [0, 0.1) is 12.8 Å². The SMILES string of the molecule is Cc1ccc(C=C2SC(=S)N(CC(=O)NC(C(=O)O)C(C)C)C2=O)cc1. The molecule has 1 aliphatic heterocycles. The molecule has 8 heteroatoms. The summed E-state index contributed by atoms with van der Waals surface area (Å²) in [6.07, 6.45) is 1.73. The van der Waals surface area contributed by atoms with Gasteiger partial charge in [0, 0.05) is 0 Å². The fraction of sp³-hybridized carbons (Fsp3) is 0.333. The number of carboxylic acid groups (broad SMARTS) is 1. The number of hydrogen-bond donors (Lipinski definition) is 2. The van der Waals surface area contributed by atoms with Gasteiger partial charge in [-0.2, -0.15) is 0 Å². The van der Waals surface area contributed by atoms with Gasteiger partial charge in [0.2, 0.25) is 5.91 Å². The molecule has 1 saturated heterocycles. The van der Waals surface area contributed by atoms with Crippen LogP contribution >= 0.6 is 24.0 Å². The van der Waals surface area contributed by atoms with Crippen molar-refractivity contribution in [3.8, 4) is 0 Å². The van der Waals surface area contributed by atoms with E-state index in [1.807, 2.05) is 31.2 Å². The Morgan fingerprint density at radius 3 is 2.46 bits per heavy atom. The Balaban J connectivity index is 2.08. The molecule has 0 aromatic heterocycles. The summed E-state index contributed by atoms with van der Waals surface area (Å²) in [6, 6.07) is 6.67. The number of thiocarbonyl (C=S) groups is 1. The Bertz CT molecular complexity index is 772. The van der Waals surface area contributed by atoms with Crippen LogP contribution in [0.5, 0.6) is 0 Å². The Hall–Kier alpha value is -2.19. The van der Waals surface area contributed by atoms with E-state index in [0.29, 0.717) is 4.91 Å². The lowest BCUT2D eigenvalue weighted by Gasteiger charge is -2.20. The van der Waals surface area contributed by atoms with Crippen molar-refractivity contribution in [3.63, 3.8) is 0 Å². The number of aliphatic carboxylic acids is 1. The first kappa shape index (κ1) is 20.1. The molecule has 0 spiro atoms. The van der Waals surface area contributed by atoms with Gasteiger partial charge in [-0.3, -0.25) is 14.5 Å². The third-order valence-electron chi connectivity index (χ3n) is 3.80. The average Bonchev–Trinajstić information content (AvgIpc) is 2.81. The van der Waals surface area contributed by atoms with Gasteiger partial charge >= 0.3 is 5.97 Å². The van der Waals surface area contributed by atoms with Crippen LogP contribution in [-0.2, 0) is 14.4 Å². The predicted molar refractivity (Wildman–Crippen MR) is 105 cm³/mol. The minimum Gasteiger partial charge on any atom is -0.480 e.